The van der Waals surface area contributed by atoms with Crippen LogP contribution < -0.4 is 5.32 Å². The van der Waals surface area contributed by atoms with Crippen LogP contribution in [0.3, 0.4) is 0 Å². The SMILES string of the molecule is OC(CNC1(c2ccc(F)cc2)CCOCC1)c1ccc(Cl)cc1. The van der Waals surface area contributed by atoms with Crippen LogP contribution in [0, 0.1) is 5.82 Å². The fraction of sp³-hybridized carbons (Fsp3) is 0.368. The average molecular weight is 350 g/mol. The molecule has 0 aliphatic carbocycles. The Bertz CT molecular complexity index is 654. The van der Waals surface area contributed by atoms with Gasteiger partial charge in [-0.15, -0.1) is 0 Å². The van der Waals surface area contributed by atoms with E-state index in [1.54, 1.807) is 12.1 Å². The van der Waals surface area contributed by atoms with Crippen LogP contribution in [-0.4, -0.2) is 24.9 Å². The Morgan fingerprint density at radius 2 is 1.71 bits per heavy atom. The van der Waals surface area contributed by atoms with Crippen LogP contribution in [0.15, 0.2) is 48.5 Å². The first-order valence-electron chi connectivity index (χ1n) is 8.11. The highest BCUT2D eigenvalue weighted by molar-refractivity contribution is 6.30. The average Bonchev–Trinajstić information content (AvgIpc) is 2.62. The first-order valence-corrected chi connectivity index (χ1v) is 8.49. The molecule has 1 aliphatic heterocycles. The summed E-state index contributed by atoms with van der Waals surface area (Å²) in [6.07, 6.45) is 0.931. The number of hydrogen-bond donors (Lipinski definition) is 2. The summed E-state index contributed by atoms with van der Waals surface area (Å²) in [5.41, 5.74) is 1.53. The largest absolute Gasteiger partial charge is 0.387 e. The number of aliphatic hydroxyl groups is 1. The molecule has 3 nitrogen and oxygen atoms in total. The minimum absolute atomic E-state index is 0.248. The number of aliphatic hydroxyl groups excluding tert-OH is 1. The van der Waals surface area contributed by atoms with Crippen molar-refractivity contribution in [1.82, 2.24) is 5.32 Å². The zero-order valence-corrected chi connectivity index (χ0v) is 14.1. The quantitative estimate of drug-likeness (QED) is 0.862. The molecule has 2 N–H and O–H groups in total. The number of rotatable bonds is 5. The second kappa shape index (κ2) is 7.62. The molecule has 0 spiro atoms. The third-order valence-corrected chi connectivity index (χ3v) is 4.88. The van der Waals surface area contributed by atoms with E-state index in [1.165, 1.54) is 12.1 Å². The van der Waals surface area contributed by atoms with Gasteiger partial charge < -0.3 is 15.2 Å². The van der Waals surface area contributed by atoms with Gasteiger partial charge in [0.25, 0.3) is 0 Å². The summed E-state index contributed by atoms with van der Waals surface area (Å²) in [6.45, 7) is 1.68. The number of halogens is 2. The van der Waals surface area contributed by atoms with Crippen molar-refractivity contribution < 1.29 is 14.2 Å². The van der Waals surface area contributed by atoms with Crippen LogP contribution in [0.5, 0.6) is 0 Å². The molecule has 0 radical (unpaired) electrons. The van der Waals surface area contributed by atoms with Gasteiger partial charge in [-0.05, 0) is 48.2 Å². The number of ether oxygens (including phenoxy) is 1. The zero-order chi connectivity index (χ0) is 17.0. The Morgan fingerprint density at radius 1 is 1.08 bits per heavy atom. The molecule has 128 valence electrons. The summed E-state index contributed by atoms with van der Waals surface area (Å²) in [5.74, 6) is -0.248. The van der Waals surface area contributed by atoms with E-state index in [9.17, 15) is 9.50 Å². The lowest BCUT2D eigenvalue weighted by Crippen LogP contribution is -2.48. The van der Waals surface area contributed by atoms with Crippen LogP contribution in [0.25, 0.3) is 0 Å². The number of hydrogen-bond acceptors (Lipinski definition) is 3. The molecule has 3 rings (SSSR count). The van der Waals surface area contributed by atoms with Crippen molar-refractivity contribution in [2.45, 2.75) is 24.5 Å². The van der Waals surface area contributed by atoms with Crippen molar-refractivity contribution in [3.63, 3.8) is 0 Å². The molecule has 2 aromatic rings. The Labute approximate surface area is 146 Å². The Kier molecular flexibility index (Phi) is 5.51. The lowest BCUT2D eigenvalue weighted by atomic mass is 9.82. The van der Waals surface area contributed by atoms with Gasteiger partial charge >= 0.3 is 0 Å². The minimum Gasteiger partial charge on any atom is -0.387 e. The molecule has 1 fully saturated rings. The Hall–Kier alpha value is -1.46. The molecule has 5 heteroatoms. The predicted molar refractivity (Wildman–Crippen MR) is 92.5 cm³/mol. The van der Waals surface area contributed by atoms with Crippen LogP contribution in [0.4, 0.5) is 4.39 Å². The maximum Gasteiger partial charge on any atom is 0.123 e. The summed E-state index contributed by atoms with van der Waals surface area (Å²) in [7, 11) is 0. The number of benzene rings is 2. The van der Waals surface area contributed by atoms with E-state index in [0.717, 1.165) is 24.0 Å². The van der Waals surface area contributed by atoms with Gasteiger partial charge in [0, 0.05) is 30.3 Å². The van der Waals surface area contributed by atoms with Gasteiger partial charge in [-0.3, -0.25) is 0 Å². The van der Waals surface area contributed by atoms with E-state index in [1.807, 2.05) is 24.3 Å². The second-order valence-electron chi connectivity index (χ2n) is 6.15. The molecular formula is C19H21ClFNO2. The van der Waals surface area contributed by atoms with Gasteiger partial charge in [0.1, 0.15) is 5.82 Å². The van der Waals surface area contributed by atoms with Crippen LogP contribution in [0.1, 0.15) is 30.1 Å². The topological polar surface area (TPSA) is 41.5 Å². The van der Waals surface area contributed by atoms with Gasteiger partial charge in [0.05, 0.1) is 6.10 Å². The fourth-order valence-corrected chi connectivity index (χ4v) is 3.28. The molecule has 2 aromatic carbocycles. The van der Waals surface area contributed by atoms with Crippen LogP contribution in [-0.2, 0) is 10.3 Å². The summed E-state index contributed by atoms with van der Waals surface area (Å²) < 4.78 is 18.7. The highest BCUT2D eigenvalue weighted by atomic mass is 35.5. The smallest absolute Gasteiger partial charge is 0.123 e. The molecule has 0 bridgehead atoms. The predicted octanol–water partition coefficient (Wildman–Crippen LogP) is 3.81. The van der Waals surface area contributed by atoms with Gasteiger partial charge in [0.2, 0.25) is 0 Å². The van der Waals surface area contributed by atoms with Crippen molar-refractivity contribution in [3.8, 4) is 0 Å². The monoisotopic (exact) mass is 349 g/mol. The molecule has 1 aliphatic rings. The minimum atomic E-state index is -0.637. The van der Waals surface area contributed by atoms with E-state index in [0.29, 0.717) is 24.8 Å². The van der Waals surface area contributed by atoms with Crippen molar-refractivity contribution in [2.24, 2.45) is 0 Å². The Morgan fingerprint density at radius 3 is 2.33 bits per heavy atom. The van der Waals surface area contributed by atoms with Crippen molar-refractivity contribution >= 4 is 11.6 Å². The lowest BCUT2D eigenvalue weighted by molar-refractivity contribution is 0.0299. The van der Waals surface area contributed by atoms with Crippen molar-refractivity contribution in [3.05, 3.63) is 70.5 Å². The van der Waals surface area contributed by atoms with Gasteiger partial charge in [-0.25, -0.2) is 4.39 Å². The third-order valence-electron chi connectivity index (χ3n) is 4.63. The normalized spacial score (nSPS) is 18.3. The third kappa shape index (κ3) is 3.95. The second-order valence-corrected chi connectivity index (χ2v) is 6.59. The van der Waals surface area contributed by atoms with E-state index in [-0.39, 0.29) is 11.4 Å². The van der Waals surface area contributed by atoms with E-state index < -0.39 is 6.10 Å². The molecule has 0 aromatic heterocycles. The standard InChI is InChI=1S/C19H21ClFNO2/c20-16-5-1-14(2-6-16)18(23)13-22-19(9-11-24-12-10-19)15-3-7-17(21)8-4-15/h1-8,18,22-23H,9-13H2. The molecule has 1 unspecified atom stereocenters. The summed E-state index contributed by atoms with van der Waals surface area (Å²) in [5, 5.41) is 14.6. The van der Waals surface area contributed by atoms with E-state index >= 15 is 0 Å². The van der Waals surface area contributed by atoms with Gasteiger partial charge in [-0.1, -0.05) is 35.9 Å². The highest BCUT2D eigenvalue weighted by Crippen LogP contribution is 2.33. The number of nitrogens with one attached hydrogen (secondary N) is 1. The fourth-order valence-electron chi connectivity index (χ4n) is 3.15. The van der Waals surface area contributed by atoms with E-state index in [2.05, 4.69) is 5.32 Å². The van der Waals surface area contributed by atoms with Crippen molar-refractivity contribution in [1.29, 1.82) is 0 Å². The maximum absolute atomic E-state index is 13.3. The highest BCUT2D eigenvalue weighted by Gasteiger charge is 2.34. The Balaban J connectivity index is 1.75. The molecule has 0 saturated carbocycles. The first kappa shape index (κ1) is 17.4. The maximum atomic E-state index is 13.3. The first-order chi connectivity index (χ1) is 11.6. The van der Waals surface area contributed by atoms with Crippen LogP contribution >= 0.6 is 11.6 Å². The zero-order valence-electron chi connectivity index (χ0n) is 13.3. The summed E-state index contributed by atoms with van der Waals surface area (Å²) in [6, 6.07) is 13.7. The molecular weight excluding hydrogens is 329 g/mol. The van der Waals surface area contributed by atoms with Gasteiger partial charge in [-0.2, -0.15) is 0 Å². The van der Waals surface area contributed by atoms with E-state index in [4.69, 9.17) is 16.3 Å². The van der Waals surface area contributed by atoms with Crippen molar-refractivity contribution in [2.75, 3.05) is 19.8 Å². The summed E-state index contributed by atoms with van der Waals surface area (Å²) in [4.78, 5) is 0. The molecule has 1 saturated heterocycles. The molecule has 1 heterocycles. The summed E-state index contributed by atoms with van der Waals surface area (Å²) >= 11 is 5.89. The molecule has 1 atom stereocenters. The molecule has 24 heavy (non-hydrogen) atoms. The van der Waals surface area contributed by atoms with Crippen LogP contribution in [0.2, 0.25) is 5.02 Å². The lowest BCUT2D eigenvalue weighted by Gasteiger charge is -2.39. The van der Waals surface area contributed by atoms with Gasteiger partial charge in [0.15, 0.2) is 0 Å². The molecule has 0 amide bonds.